The standard InChI is InChI=1S/C27H34N4O9/c1-38-27(37)29-12-3-2-4-20(25(35)28-13-11-17-5-8-19(32)9-6-17)30-26(36)31-21(15-24(33)34)18-7-10-22-23(14-18)40-16-39-22/h5-10,14,20-21,32H,2-4,11-13,15-16H2,1H3,(H,28,35)(H,29,37)(H,33,34)(H2,30,31,36)/t20-,21-/m0/s1. The van der Waals surface area contributed by atoms with Gasteiger partial charge in [-0.05, 0) is 61.1 Å². The number of unbranched alkanes of at least 4 members (excludes halogenated alkanes) is 1. The van der Waals surface area contributed by atoms with Gasteiger partial charge in [-0.3, -0.25) is 9.59 Å². The SMILES string of the molecule is COC(=O)NCCCC[C@H](NC(=O)N[C@@H](CC(=O)O)c1ccc2c(c1)OCO2)C(=O)NCCc1ccc(O)cc1. The molecule has 0 spiro atoms. The highest BCUT2D eigenvalue weighted by Crippen LogP contribution is 2.34. The smallest absolute Gasteiger partial charge is 0.406 e. The van der Waals surface area contributed by atoms with Gasteiger partial charge < -0.3 is 45.7 Å². The summed E-state index contributed by atoms with van der Waals surface area (Å²) in [4.78, 5) is 48.7. The highest BCUT2D eigenvalue weighted by Gasteiger charge is 2.25. The second-order valence-corrected chi connectivity index (χ2v) is 9.06. The summed E-state index contributed by atoms with van der Waals surface area (Å²) in [6.07, 6.45) is 0.869. The van der Waals surface area contributed by atoms with Gasteiger partial charge in [-0.15, -0.1) is 0 Å². The van der Waals surface area contributed by atoms with Crippen molar-refractivity contribution in [1.82, 2.24) is 21.3 Å². The minimum Gasteiger partial charge on any atom is -0.508 e. The number of carboxylic acid groups (broad SMARTS) is 1. The lowest BCUT2D eigenvalue weighted by atomic mass is 10.0. The van der Waals surface area contributed by atoms with Crippen molar-refractivity contribution in [1.29, 1.82) is 0 Å². The second kappa shape index (κ2) is 15.0. The van der Waals surface area contributed by atoms with Crippen LogP contribution in [-0.2, 0) is 20.7 Å². The molecule has 0 radical (unpaired) electrons. The maximum absolute atomic E-state index is 13.0. The van der Waals surface area contributed by atoms with E-state index in [2.05, 4.69) is 26.0 Å². The highest BCUT2D eigenvalue weighted by molar-refractivity contribution is 5.87. The Labute approximate surface area is 231 Å². The molecule has 1 heterocycles. The Bertz CT molecular complexity index is 1170. The van der Waals surface area contributed by atoms with Crippen LogP contribution in [0.5, 0.6) is 17.2 Å². The number of aliphatic carboxylic acids is 1. The first-order valence-corrected chi connectivity index (χ1v) is 12.8. The molecule has 0 saturated heterocycles. The van der Waals surface area contributed by atoms with Gasteiger partial charge in [0.1, 0.15) is 11.8 Å². The number of hydrogen-bond donors (Lipinski definition) is 6. The largest absolute Gasteiger partial charge is 0.508 e. The van der Waals surface area contributed by atoms with Crippen LogP contribution in [0.1, 0.15) is 42.9 Å². The van der Waals surface area contributed by atoms with E-state index in [0.29, 0.717) is 49.4 Å². The zero-order valence-corrected chi connectivity index (χ0v) is 22.1. The van der Waals surface area contributed by atoms with Crippen molar-refractivity contribution < 1.29 is 43.6 Å². The predicted octanol–water partition coefficient (Wildman–Crippen LogP) is 2.19. The fourth-order valence-corrected chi connectivity index (χ4v) is 4.04. The van der Waals surface area contributed by atoms with Gasteiger partial charge in [0, 0.05) is 13.1 Å². The molecule has 4 amide bonds. The molecule has 0 bridgehead atoms. The van der Waals surface area contributed by atoms with Crippen LogP contribution in [0.2, 0.25) is 0 Å². The van der Waals surface area contributed by atoms with Crippen LogP contribution < -0.4 is 30.7 Å². The number of carboxylic acids is 1. The molecule has 0 saturated carbocycles. The Morgan fingerprint density at radius 2 is 1.70 bits per heavy atom. The molecular weight excluding hydrogens is 524 g/mol. The molecule has 1 aliphatic rings. The van der Waals surface area contributed by atoms with Gasteiger partial charge in [0.15, 0.2) is 11.5 Å². The van der Waals surface area contributed by atoms with E-state index in [1.807, 2.05) is 0 Å². The van der Waals surface area contributed by atoms with Crippen molar-refractivity contribution in [2.24, 2.45) is 0 Å². The number of fused-ring (bicyclic) bond motifs is 1. The minimum absolute atomic E-state index is 0.0506. The molecule has 0 unspecified atom stereocenters. The number of nitrogens with one attached hydrogen (secondary N) is 4. The molecule has 6 N–H and O–H groups in total. The number of urea groups is 1. The van der Waals surface area contributed by atoms with Gasteiger partial charge in [-0.2, -0.15) is 0 Å². The number of benzene rings is 2. The monoisotopic (exact) mass is 558 g/mol. The summed E-state index contributed by atoms with van der Waals surface area (Å²) in [6.45, 7) is 0.681. The molecule has 0 fully saturated rings. The Balaban J connectivity index is 1.61. The number of ether oxygens (including phenoxy) is 3. The van der Waals surface area contributed by atoms with Crippen LogP contribution >= 0.6 is 0 Å². The third kappa shape index (κ3) is 9.57. The number of carbonyl (C=O) groups excluding carboxylic acids is 3. The van der Waals surface area contributed by atoms with E-state index in [1.165, 1.54) is 7.11 Å². The maximum Gasteiger partial charge on any atom is 0.406 e. The molecule has 2 atom stereocenters. The molecule has 216 valence electrons. The van der Waals surface area contributed by atoms with E-state index in [4.69, 9.17) is 9.47 Å². The van der Waals surface area contributed by atoms with E-state index in [9.17, 15) is 29.4 Å². The average molecular weight is 559 g/mol. The number of amides is 4. The second-order valence-electron chi connectivity index (χ2n) is 9.06. The molecule has 0 aliphatic carbocycles. The maximum atomic E-state index is 13.0. The lowest BCUT2D eigenvalue weighted by Crippen LogP contribution is -2.51. The number of aromatic hydroxyl groups is 1. The molecule has 0 aromatic heterocycles. The van der Waals surface area contributed by atoms with E-state index in [1.54, 1.807) is 42.5 Å². The lowest BCUT2D eigenvalue weighted by molar-refractivity contribution is -0.137. The number of methoxy groups -OCH3 is 1. The lowest BCUT2D eigenvalue weighted by Gasteiger charge is -2.22. The fourth-order valence-electron chi connectivity index (χ4n) is 4.04. The summed E-state index contributed by atoms with van der Waals surface area (Å²) in [5, 5.41) is 29.5. The molecule has 13 nitrogen and oxygen atoms in total. The van der Waals surface area contributed by atoms with Crippen LogP contribution in [0.3, 0.4) is 0 Å². The number of phenols is 1. The number of rotatable bonds is 14. The quantitative estimate of drug-likeness (QED) is 0.189. The van der Waals surface area contributed by atoms with Gasteiger partial charge in [0.25, 0.3) is 0 Å². The summed E-state index contributed by atoms with van der Waals surface area (Å²) in [7, 11) is 1.26. The molecule has 1 aliphatic heterocycles. The molecule has 13 heteroatoms. The number of carbonyl (C=O) groups is 4. The Hall–Kier alpha value is -4.68. The number of alkyl carbamates (subject to hydrolysis) is 1. The van der Waals surface area contributed by atoms with Crippen molar-refractivity contribution in [3.8, 4) is 17.2 Å². The van der Waals surface area contributed by atoms with Gasteiger partial charge in [-0.25, -0.2) is 9.59 Å². The average Bonchev–Trinajstić information content (AvgIpc) is 3.40. The summed E-state index contributed by atoms with van der Waals surface area (Å²) in [5.41, 5.74) is 1.42. The third-order valence-electron chi connectivity index (χ3n) is 6.13. The van der Waals surface area contributed by atoms with E-state index < -0.39 is 42.5 Å². The zero-order chi connectivity index (χ0) is 28.9. The summed E-state index contributed by atoms with van der Waals surface area (Å²) in [5.74, 6) is -0.418. The van der Waals surface area contributed by atoms with Crippen LogP contribution in [0.4, 0.5) is 9.59 Å². The van der Waals surface area contributed by atoms with Crippen LogP contribution in [-0.4, -0.2) is 67.2 Å². The van der Waals surface area contributed by atoms with Gasteiger partial charge in [0.2, 0.25) is 12.7 Å². The summed E-state index contributed by atoms with van der Waals surface area (Å²) in [6, 6.07) is 8.98. The van der Waals surface area contributed by atoms with Crippen LogP contribution in [0, 0.1) is 0 Å². The van der Waals surface area contributed by atoms with Crippen molar-refractivity contribution in [2.75, 3.05) is 27.0 Å². The molecule has 2 aromatic rings. The van der Waals surface area contributed by atoms with Crippen LogP contribution in [0.25, 0.3) is 0 Å². The normalized spacial score (nSPS) is 13.0. The first-order valence-electron chi connectivity index (χ1n) is 12.8. The zero-order valence-electron chi connectivity index (χ0n) is 22.1. The van der Waals surface area contributed by atoms with E-state index in [-0.39, 0.29) is 19.0 Å². The van der Waals surface area contributed by atoms with Crippen molar-refractivity contribution >= 4 is 24.0 Å². The van der Waals surface area contributed by atoms with E-state index >= 15 is 0 Å². The number of phenolic OH excluding ortho intramolecular Hbond substituents is 1. The molecular formula is C27H34N4O9. The first kappa shape index (κ1) is 29.9. The highest BCUT2D eigenvalue weighted by atomic mass is 16.7. The summed E-state index contributed by atoms with van der Waals surface area (Å²) < 4.78 is 15.2. The Morgan fingerprint density at radius 3 is 2.42 bits per heavy atom. The van der Waals surface area contributed by atoms with Gasteiger partial charge >= 0.3 is 18.1 Å². The molecule has 3 rings (SSSR count). The van der Waals surface area contributed by atoms with Gasteiger partial charge in [0.05, 0.1) is 19.6 Å². The Morgan fingerprint density at radius 1 is 0.950 bits per heavy atom. The van der Waals surface area contributed by atoms with Gasteiger partial charge in [-0.1, -0.05) is 18.2 Å². The number of hydrogen-bond acceptors (Lipinski definition) is 8. The predicted molar refractivity (Wildman–Crippen MR) is 142 cm³/mol. The van der Waals surface area contributed by atoms with Crippen LogP contribution in [0.15, 0.2) is 42.5 Å². The topological polar surface area (TPSA) is 185 Å². The van der Waals surface area contributed by atoms with Crippen molar-refractivity contribution in [2.45, 2.75) is 44.2 Å². The van der Waals surface area contributed by atoms with E-state index in [0.717, 1.165) is 5.56 Å². The fraction of sp³-hybridized carbons (Fsp3) is 0.407. The molecule has 2 aromatic carbocycles. The Kier molecular flexibility index (Phi) is 11.2. The van der Waals surface area contributed by atoms with Crippen molar-refractivity contribution in [3.05, 3.63) is 53.6 Å². The van der Waals surface area contributed by atoms with Crippen molar-refractivity contribution in [3.63, 3.8) is 0 Å². The molecule has 40 heavy (non-hydrogen) atoms. The first-order chi connectivity index (χ1) is 19.2. The third-order valence-corrected chi connectivity index (χ3v) is 6.13. The summed E-state index contributed by atoms with van der Waals surface area (Å²) >= 11 is 0. The minimum atomic E-state index is -1.12.